The van der Waals surface area contributed by atoms with Crippen LogP contribution in [0.4, 0.5) is 0 Å². The SMILES string of the molecule is COC(=O)/C=C(\C)c1cc(C)cc(C)c1. The second-order valence-electron chi connectivity index (χ2n) is 3.73. The van der Waals surface area contributed by atoms with Gasteiger partial charge < -0.3 is 4.74 Å². The molecule has 1 rings (SSSR count). The van der Waals surface area contributed by atoms with Crippen LogP contribution < -0.4 is 0 Å². The number of allylic oxidation sites excluding steroid dienone is 1. The van der Waals surface area contributed by atoms with E-state index in [-0.39, 0.29) is 5.97 Å². The number of hydrogen-bond donors (Lipinski definition) is 0. The molecule has 80 valence electrons. The van der Waals surface area contributed by atoms with E-state index in [1.807, 2.05) is 20.8 Å². The van der Waals surface area contributed by atoms with Crippen LogP contribution in [0.3, 0.4) is 0 Å². The third-order valence-corrected chi connectivity index (χ3v) is 2.21. The van der Waals surface area contributed by atoms with Gasteiger partial charge in [0.15, 0.2) is 0 Å². The van der Waals surface area contributed by atoms with Gasteiger partial charge in [-0.15, -0.1) is 0 Å². The Morgan fingerprint density at radius 3 is 2.20 bits per heavy atom. The topological polar surface area (TPSA) is 26.3 Å². The summed E-state index contributed by atoms with van der Waals surface area (Å²) in [4.78, 5) is 11.1. The molecule has 0 spiro atoms. The molecule has 0 aromatic heterocycles. The number of carbonyl (C=O) groups excluding carboxylic acids is 1. The molecule has 0 fully saturated rings. The zero-order valence-corrected chi connectivity index (χ0v) is 9.63. The highest BCUT2D eigenvalue weighted by atomic mass is 16.5. The lowest BCUT2D eigenvalue weighted by atomic mass is 10.0. The van der Waals surface area contributed by atoms with E-state index in [0.29, 0.717) is 0 Å². The molecule has 1 aromatic carbocycles. The predicted molar refractivity (Wildman–Crippen MR) is 61.6 cm³/mol. The fourth-order valence-corrected chi connectivity index (χ4v) is 1.52. The lowest BCUT2D eigenvalue weighted by Gasteiger charge is -2.04. The first-order valence-electron chi connectivity index (χ1n) is 4.88. The highest BCUT2D eigenvalue weighted by molar-refractivity contribution is 5.90. The van der Waals surface area contributed by atoms with Crippen LogP contribution in [-0.2, 0) is 9.53 Å². The van der Waals surface area contributed by atoms with E-state index in [0.717, 1.165) is 11.1 Å². The average molecular weight is 204 g/mol. The van der Waals surface area contributed by atoms with E-state index in [1.165, 1.54) is 24.3 Å². The fourth-order valence-electron chi connectivity index (χ4n) is 1.52. The molecule has 0 aliphatic heterocycles. The van der Waals surface area contributed by atoms with E-state index < -0.39 is 0 Å². The summed E-state index contributed by atoms with van der Waals surface area (Å²) in [6, 6.07) is 6.22. The Morgan fingerprint density at radius 2 is 1.73 bits per heavy atom. The van der Waals surface area contributed by atoms with Gasteiger partial charge >= 0.3 is 5.97 Å². The second kappa shape index (κ2) is 4.78. The van der Waals surface area contributed by atoms with Crippen LogP contribution in [0.15, 0.2) is 24.3 Å². The molecule has 0 saturated heterocycles. The summed E-state index contributed by atoms with van der Waals surface area (Å²) in [7, 11) is 1.38. The van der Waals surface area contributed by atoms with Gasteiger partial charge in [-0.25, -0.2) is 4.79 Å². The van der Waals surface area contributed by atoms with Gasteiger partial charge in [-0.1, -0.05) is 29.3 Å². The van der Waals surface area contributed by atoms with Crippen LogP contribution in [-0.4, -0.2) is 13.1 Å². The molecule has 0 aliphatic carbocycles. The summed E-state index contributed by atoms with van der Waals surface area (Å²) in [6.45, 7) is 6.00. The minimum atomic E-state index is -0.313. The number of esters is 1. The molecule has 0 aliphatic rings. The molecule has 0 unspecified atom stereocenters. The van der Waals surface area contributed by atoms with Crippen LogP contribution in [0, 0.1) is 13.8 Å². The number of methoxy groups -OCH3 is 1. The van der Waals surface area contributed by atoms with Gasteiger partial charge in [0, 0.05) is 6.08 Å². The Balaban J connectivity index is 3.05. The molecule has 0 amide bonds. The maximum Gasteiger partial charge on any atom is 0.330 e. The highest BCUT2D eigenvalue weighted by Gasteiger charge is 2.01. The quantitative estimate of drug-likeness (QED) is 0.547. The summed E-state index contributed by atoms with van der Waals surface area (Å²) in [5.74, 6) is -0.313. The van der Waals surface area contributed by atoms with Crippen molar-refractivity contribution in [1.82, 2.24) is 0 Å². The summed E-state index contributed by atoms with van der Waals surface area (Å²) in [5, 5.41) is 0. The monoisotopic (exact) mass is 204 g/mol. The molecule has 0 bridgehead atoms. The molecule has 0 saturated carbocycles. The molecule has 2 nitrogen and oxygen atoms in total. The first-order valence-corrected chi connectivity index (χ1v) is 4.88. The molecule has 15 heavy (non-hydrogen) atoms. The van der Waals surface area contributed by atoms with E-state index in [1.54, 1.807) is 0 Å². The third kappa shape index (κ3) is 3.24. The third-order valence-electron chi connectivity index (χ3n) is 2.21. The minimum Gasteiger partial charge on any atom is -0.466 e. The van der Waals surface area contributed by atoms with E-state index >= 15 is 0 Å². The zero-order chi connectivity index (χ0) is 11.4. The molecule has 1 aromatic rings. The maximum absolute atomic E-state index is 11.1. The number of ether oxygens (including phenoxy) is 1. The van der Waals surface area contributed by atoms with Gasteiger partial charge in [-0.05, 0) is 31.9 Å². The normalized spacial score (nSPS) is 11.3. The molecule has 0 heterocycles. The van der Waals surface area contributed by atoms with Crippen LogP contribution in [0.25, 0.3) is 5.57 Å². The summed E-state index contributed by atoms with van der Waals surface area (Å²) in [6.07, 6.45) is 1.51. The summed E-state index contributed by atoms with van der Waals surface area (Å²) < 4.78 is 4.59. The van der Waals surface area contributed by atoms with Crippen molar-refractivity contribution in [3.05, 3.63) is 41.0 Å². The number of hydrogen-bond acceptors (Lipinski definition) is 2. The van der Waals surface area contributed by atoms with Gasteiger partial charge in [0.2, 0.25) is 0 Å². The van der Waals surface area contributed by atoms with Crippen molar-refractivity contribution < 1.29 is 9.53 Å². The lowest BCUT2D eigenvalue weighted by molar-refractivity contribution is -0.134. The molecule has 0 atom stereocenters. The van der Waals surface area contributed by atoms with Crippen molar-refractivity contribution in [2.75, 3.05) is 7.11 Å². The molecular formula is C13H16O2. The van der Waals surface area contributed by atoms with Gasteiger partial charge in [0.1, 0.15) is 0 Å². The number of carbonyl (C=O) groups is 1. The highest BCUT2D eigenvalue weighted by Crippen LogP contribution is 2.17. The van der Waals surface area contributed by atoms with Crippen molar-refractivity contribution in [3.63, 3.8) is 0 Å². The van der Waals surface area contributed by atoms with Gasteiger partial charge in [-0.2, -0.15) is 0 Å². The molecule has 2 heteroatoms. The standard InChI is InChI=1S/C13H16O2/c1-9-5-10(2)7-12(6-9)11(3)8-13(14)15-4/h5-8H,1-4H3/b11-8+. The predicted octanol–water partition coefficient (Wildman–Crippen LogP) is 2.88. The fraction of sp³-hybridized carbons (Fsp3) is 0.308. The van der Waals surface area contributed by atoms with Crippen LogP contribution >= 0.6 is 0 Å². The number of rotatable bonds is 2. The van der Waals surface area contributed by atoms with Gasteiger partial charge in [0.25, 0.3) is 0 Å². The minimum absolute atomic E-state index is 0.313. The van der Waals surface area contributed by atoms with Crippen molar-refractivity contribution >= 4 is 11.5 Å². The largest absolute Gasteiger partial charge is 0.466 e. The van der Waals surface area contributed by atoms with E-state index in [2.05, 4.69) is 22.9 Å². The number of benzene rings is 1. The van der Waals surface area contributed by atoms with Crippen molar-refractivity contribution in [2.45, 2.75) is 20.8 Å². The Morgan fingerprint density at radius 1 is 1.20 bits per heavy atom. The van der Waals surface area contributed by atoms with E-state index in [9.17, 15) is 4.79 Å². The van der Waals surface area contributed by atoms with Crippen molar-refractivity contribution in [2.24, 2.45) is 0 Å². The molecule has 0 radical (unpaired) electrons. The Hall–Kier alpha value is -1.57. The summed E-state index contributed by atoms with van der Waals surface area (Å²) >= 11 is 0. The summed E-state index contributed by atoms with van der Waals surface area (Å²) in [5.41, 5.74) is 4.39. The number of aryl methyl sites for hydroxylation is 2. The molecule has 0 N–H and O–H groups in total. The Labute approximate surface area is 90.6 Å². The second-order valence-corrected chi connectivity index (χ2v) is 3.73. The van der Waals surface area contributed by atoms with Crippen LogP contribution in [0.2, 0.25) is 0 Å². The van der Waals surface area contributed by atoms with Crippen molar-refractivity contribution in [1.29, 1.82) is 0 Å². The van der Waals surface area contributed by atoms with E-state index in [4.69, 9.17) is 0 Å². The first kappa shape index (κ1) is 11.5. The lowest BCUT2D eigenvalue weighted by Crippen LogP contribution is -1.96. The first-order chi connectivity index (χ1) is 7.02. The smallest absolute Gasteiger partial charge is 0.330 e. The van der Waals surface area contributed by atoms with Gasteiger partial charge in [-0.3, -0.25) is 0 Å². The average Bonchev–Trinajstić information content (AvgIpc) is 2.16. The van der Waals surface area contributed by atoms with Crippen molar-refractivity contribution in [3.8, 4) is 0 Å². The zero-order valence-electron chi connectivity index (χ0n) is 9.63. The van der Waals surface area contributed by atoms with Crippen LogP contribution in [0.1, 0.15) is 23.6 Å². The Bertz CT molecular complexity index is 383. The molecular weight excluding hydrogens is 188 g/mol. The maximum atomic E-state index is 11.1. The van der Waals surface area contributed by atoms with Gasteiger partial charge in [0.05, 0.1) is 7.11 Å². The van der Waals surface area contributed by atoms with Crippen LogP contribution in [0.5, 0.6) is 0 Å². The Kier molecular flexibility index (Phi) is 3.67.